The third-order valence-electron chi connectivity index (χ3n) is 3.48. The number of benzene rings is 2. The van der Waals surface area contributed by atoms with Crippen LogP contribution in [0.3, 0.4) is 0 Å². The molecule has 0 saturated carbocycles. The Labute approximate surface area is 135 Å². The molecule has 0 aliphatic heterocycles. The van der Waals surface area contributed by atoms with Gasteiger partial charge in [0.2, 0.25) is 0 Å². The molecule has 0 aliphatic carbocycles. The van der Waals surface area contributed by atoms with Gasteiger partial charge in [0, 0.05) is 5.56 Å². The van der Waals surface area contributed by atoms with Gasteiger partial charge in [-0.3, -0.25) is 9.59 Å². The first-order valence-electron chi connectivity index (χ1n) is 7.07. The van der Waals surface area contributed by atoms with Crippen molar-refractivity contribution in [2.24, 2.45) is 5.73 Å². The van der Waals surface area contributed by atoms with E-state index < -0.39 is 23.0 Å². The van der Waals surface area contributed by atoms with Gasteiger partial charge in [0.05, 0.1) is 6.04 Å². The molecule has 0 saturated heterocycles. The first-order chi connectivity index (χ1) is 10.5. The Morgan fingerprint density at radius 1 is 1.05 bits per heavy atom. The summed E-state index contributed by atoms with van der Waals surface area (Å²) in [6.45, 7) is 1.92. The predicted molar refractivity (Wildman–Crippen MR) is 88.3 cm³/mol. The molecule has 0 spiro atoms. The Hall–Kier alpha value is -1.97. The van der Waals surface area contributed by atoms with Crippen LogP contribution in [0.4, 0.5) is 0 Å². The third-order valence-corrected chi connectivity index (χ3v) is 3.89. The van der Waals surface area contributed by atoms with E-state index in [1.165, 1.54) is 0 Å². The molecule has 0 aromatic heterocycles. The van der Waals surface area contributed by atoms with Crippen LogP contribution >= 0.6 is 11.6 Å². The maximum atomic E-state index is 12.3. The van der Waals surface area contributed by atoms with E-state index in [-0.39, 0.29) is 0 Å². The van der Waals surface area contributed by atoms with Crippen molar-refractivity contribution < 1.29 is 9.59 Å². The monoisotopic (exact) mass is 315 g/mol. The number of halogens is 1. The number of hydrogen-bond donors (Lipinski definition) is 1. The van der Waals surface area contributed by atoms with Gasteiger partial charge in [-0.05, 0) is 18.9 Å². The summed E-state index contributed by atoms with van der Waals surface area (Å²) in [4.78, 5) is 24.5. The van der Waals surface area contributed by atoms with Crippen LogP contribution in [0, 0.1) is 6.92 Å². The summed E-state index contributed by atoms with van der Waals surface area (Å²) < 4.78 is 0. The van der Waals surface area contributed by atoms with E-state index in [4.69, 9.17) is 17.3 Å². The lowest BCUT2D eigenvalue weighted by Crippen LogP contribution is -2.41. The number of rotatable bonds is 6. The van der Waals surface area contributed by atoms with Gasteiger partial charge >= 0.3 is 0 Å². The van der Waals surface area contributed by atoms with Crippen molar-refractivity contribution in [2.45, 2.75) is 24.8 Å². The fraction of sp³-hybridized carbons (Fsp3) is 0.222. The zero-order valence-electron chi connectivity index (χ0n) is 12.3. The van der Waals surface area contributed by atoms with Gasteiger partial charge < -0.3 is 5.73 Å². The Morgan fingerprint density at radius 3 is 2.23 bits per heavy atom. The van der Waals surface area contributed by atoms with Crippen molar-refractivity contribution in [1.82, 2.24) is 0 Å². The Bertz CT molecular complexity index is 653. The lowest BCUT2D eigenvalue weighted by atomic mass is 9.97. The van der Waals surface area contributed by atoms with Crippen LogP contribution in [0.2, 0.25) is 0 Å². The first kappa shape index (κ1) is 16.4. The van der Waals surface area contributed by atoms with Gasteiger partial charge in [-0.1, -0.05) is 60.2 Å². The number of ketones is 2. The summed E-state index contributed by atoms with van der Waals surface area (Å²) in [7, 11) is 0. The minimum Gasteiger partial charge on any atom is -0.321 e. The highest BCUT2D eigenvalue weighted by molar-refractivity contribution is 6.45. The molecule has 0 bridgehead atoms. The van der Waals surface area contributed by atoms with E-state index in [9.17, 15) is 9.59 Å². The van der Waals surface area contributed by atoms with E-state index in [0.29, 0.717) is 12.0 Å². The second kappa shape index (κ2) is 7.34. The molecule has 2 atom stereocenters. The zero-order chi connectivity index (χ0) is 16.1. The molecule has 4 heteroatoms. The van der Waals surface area contributed by atoms with Gasteiger partial charge in [-0.25, -0.2) is 0 Å². The Kier molecular flexibility index (Phi) is 5.47. The number of carbonyl (C=O) groups excluding carboxylic acids is 2. The molecule has 22 heavy (non-hydrogen) atoms. The van der Waals surface area contributed by atoms with E-state index in [0.717, 1.165) is 11.1 Å². The number of Topliss-reactive ketones (excluding diaryl/α,β-unsaturated/α-hetero) is 2. The largest absolute Gasteiger partial charge is 0.321 e. The Balaban J connectivity index is 2.04. The molecule has 1 unspecified atom stereocenters. The molecule has 2 aromatic carbocycles. The van der Waals surface area contributed by atoms with Crippen LogP contribution in [0.15, 0.2) is 54.6 Å². The van der Waals surface area contributed by atoms with Crippen molar-refractivity contribution in [3.05, 3.63) is 71.3 Å². The maximum absolute atomic E-state index is 12.3. The molecule has 3 nitrogen and oxygen atoms in total. The van der Waals surface area contributed by atoms with Crippen molar-refractivity contribution in [2.75, 3.05) is 0 Å². The van der Waals surface area contributed by atoms with Crippen LogP contribution in [-0.4, -0.2) is 23.0 Å². The molecule has 2 aromatic rings. The smallest absolute Gasteiger partial charge is 0.188 e. The molecule has 0 radical (unpaired) electrons. The molecular formula is C18H18ClNO2. The van der Waals surface area contributed by atoms with Crippen LogP contribution < -0.4 is 5.73 Å². The summed E-state index contributed by atoms with van der Waals surface area (Å²) in [6.07, 6.45) is 0.365. The first-order valence-corrected chi connectivity index (χ1v) is 7.51. The lowest BCUT2D eigenvalue weighted by Gasteiger charge is -2.14. The number of alkyl halides is 1. The van der Waals surface area contributed by atoms with E-state index in [2.05, 4.69) is 0 Å². The molecule has 114 valence electrons. The molecule has 0 heterocycles. The highest BCUT2D eigenvalue weighted by Crippen LogP contribution is 2.13. The van der Waals surface area contributed by atoms with Crippen molar-refractivity contribution in [1.29, 1.82) is 0 Å². The maximum Gasteiger partial charge on any atom is 0.188 e. The fourth-order valence-corrected chi connectivity index (χ4v) is 2.44. The normalized spacial score (nSPS) is 13.4. The summed E-state index contributed by atoms with van der Waals surface area (Å²) in [5.74, 6) is -0.855. The highest BCUT2D eigenvalue weighted by Gasteiger charge is 2.29. The second-order valence-corrected chi connectivity index (χ2v) is 5.73. The SMILES string of the molecule is Cc1ccc(C(=O)C(Cl)C(=O)[C@@H](N)Cc2ccccc2)cc1. The van der Waals surface area contributed by atoms with Crippen LogP contribution in [0.5, 0.6) is 0 Å². The quantitative estimate of drug-likeness (QED) is 0.506. The summed E-state index contributed by atoms with van der Waals surface area (Å²) >= 11 is 6.04. The van der Waals surface area contributed by atoms with E-state index >= 15 is 0 Å². The van der Waals surface area contributed by atoms with Crippen molar-refractivity contribution in [3.8, 4) is 0 Å². The average Bonchev–Trinajstić information content (AvgIpc) is 2.54. The minimum absolute atomic E-state index is 0.365. The van der Waals surface area contributed by atoms with Gasteiger partial charge in [0.1, 0.15) is 0 Å². The van der Waals surface area contributed by atoms with E-state index in [1.54, 1.807) is 12.1 Å². The second-order valence-electron chi connectivity index (χ2n) is 5.29. The van der Waals surface area contributed by atoms with Crippen LogP contribution in [0.25, 0.3) is 0 Å². The molecule has 0 aliphatic rings. The third kappa shape index (κ3) is 4.03. The molecule has 0 amide bonds. The average molecular weight is 316 g/mol. The van der Waals surface area contributed by atoms with Gasteiger partial charge in [-0.15, -0.1) is 11.6 Å². The lowest BCUT2D eigenvalue weighted by molar-refractivity contribution is -0.119. The Morgan fingerprint density at radius 2 is 1.64 bits per heavy atom. The number of aryl methyl sites for hydroxylation is 1. The molecule has 0 fully saturated rings. The number of hydrogen-bond acceptors (Lipinski definition) is 3. The van der Waals surface area contributed by atoms with Gasteiger partial charge in [0.15, 0.2) is 16.9 Å². The summed E-state index contributed by atoms with van der Waals surface area (Å²) in [6, 6.07) is 15.6. The van der Waals surface area contributed by atoms with Crippen LogP contribution in [0.1, 0.15) is 21.5 Å². The van der Waals surface area contributed by atoms with Crippen molar-refractivity contribution >= 4 is 23.2 Å². The minimum atomic E-state index is -1.25. The van der Waals surface area contributed by atoms with Crippen molar-refractivity contribution in [3.63, 3.8) is 0 Å². The number of nitrogens with two attached hydrogens (primary N) is 1. The summed E-state index contributed by atoms with van der Waals surface area (Å²) in [5, 5.41) is -1.25. The van der Waals surface area contributed by atoms with E-state index in [1.807, 2.05) is 49.4 Å². The fourth-order valence-electron chi connectivity index (χ4n) is 2.15. The molecular weight excluding hydrogens is 298 g/mol. The summed E-state index contributed by atoms with van der Waals surface area (Å²) in [5.41, 5.74) is 8.30. The predicted octanol–water partition coefficient (Wildman–Crippen LogP) is 2.92. The highest BCUT2D eigenvalue weighted by atomic mass is 35.5. The molecule has 2 N–H and O–H groups in total. The molecule has 2 rings (SSSR count). The van der Waals surface area contributed by atoms with Crippen LogP contribution in [-0.2, 0) is 11.2 Å². The zero-order valence-corrected chi connectivity index (χ0v) is 13.1. The van der Waals surface area contributed by atoms with Gasteiger partial charge in [0.25, 0.3) is 0 Å². The number of carbonyl (C=O) groups is 2. The topological polar surface area (TPSA) is 60.2 Å². The standard InChI is InChI=1S/C18H18ClNO2/c1-12-7-9-14(10-8-12)17(21)16(19)18(22)15(20)11-13-5-3-2-4-6-13/h2-10,15-16H,11,20H2,1H3/t15-,16?/m0/s1. The van der Waals surface area contributed by atoms with Gasteiger partial charge in [-0.2, -0.15) is 0 Å².